The summed E-state index contributed by atoms with van der Waals surface area (Å²) in [5.74, 6) is -0.248. The summed E-state index contributed by atoms with van der Waals surface area (Å²) >= 11 is 0. The first-order valence-electron chi connectivity index (χ1n) is 7.46. The van der Waals surface area contributed by atoms with Gasteiger partial charge in [-0.05, 0) is 22.1 Å². The van der Waals surface area contributed by atoms with Crippen LogP contribution in [-0.4, -0.2) is 18.9 Å². The largest absolute Gasteiger partial charge is 0.469 e. The van der Waals surface area contributed by atoms with Crippen LogP contribution in [0.2, 0.25) is 0 Å². The highest BCUT2D eigenvalue weighted by molar-refractivity contribution is 6.26. The highest BCUT2D eigenvalue weighted by atomic mass is 16.5. The Morgan fingerprint density at radius 2 is 1.61 bits per heavy atom. The van der Waals surface area contributed by atoms with E-state index >= 15 is 0 Å². The molecule has 3 nitrogen and oxygen atoms in total. The van der Waals surface area contributed by atoms with Crippen LogP contribution in [-0.2, 0) is 16.0 Å². The van der Waals surface area contributed by atoms with Crippen molar-refractivity contribution in [2.45, 2.75) is 6.42 Å². The van der Waals surface area contributed by atoms with Gasteiger partial charge in [-0.1, -0.05) is 54.6 Å². The molecule has 0 saturated carbocycles. The van der Waals surface area contributed by atoms with Crippen molar-refractivity contribution in [1.82, 2.24) is 0 Å². The fraction of sp³-hybridized carbons (Fsp3) is 0.100. The average Bonchev–Trinajstić information content (AvgIpc) is 2.60. The average molecular weight is 302 g/mol. The van der Waals surface area contributed by atoms with Gasteiger partial charge in [-0.2, -0.15) is 0 Å². The molecule has 0 unspecified atom stereocenters. The summed E-state index contributed by atoms with van der Waals surface area (Å²) in [7, 11) is 1.38. The summed E-state index contributed by atoms with van der Waals surface area (Å²) in [5, 5.41) is 1.87. The van der Waals surface area contributed by atoms with Gasteiger partial charge < -0.3 is 4.74 Å². The molecule has 0 N–H and O–H groups in total. The predicted molar refractivity (Wildman–Crippen MR) is 88.5 cm³/mol. The van der Waals surface area contributed by atoms with Gasteiger partial charge in [-0.3, -0.25) is 9.59 Å². The first-order chi connectivity index (χ1) is 11.2. The van der Waals surface area contributed by atoms with Gasteiger partial charge in [0.05, 0.1) is 13.5 Å². The lowest BCUT2D eigenvalue weighted by molar-refractivity contribution is -0.139. The number of ether oxygens (including phenoxy) is 1. The number of hydrogen-bond acceptors (Lipinski definition) is 3. The van der Waals surface area contributed by atoms with Gasteiger partial charge in [-0.25, -0.2) is 0 Å². The number of ketones is 1. The van der Waals surface area contributed by atoms with E-state index in [9.17, 15) is 9.59 Å². The quantitative estimate of drug-likeness (QED) is 0.529. The SMILES string of the molecule is COC(=O)Cc1ccc2c3c(cccc13)C(=O)c1ccccc1-2. The van der Waals surface area contributed by atoms with E-state index < -0.39 is 0 Å². The normalized spacial score (nSPS) is 12.1. The number of rotatable bonds is 2. The second kappa shape index (κ2) is 5.06. The summed E-state index contributed by atoms with van der Waals surface area (Å²) in [6, 6.07) is 17.3. The fourth-order valence-corrected chi connectivity index (χ4v) is 3.32. The molecule has 23 heavy (non-hydrogen) atoms. The molecule has 1 aliphatic rings. The molecule has 1 aliphatic carbocycles. The van der Waals surface area contributed by atoms with Crippen LogP contribution in [0.3, 0.4) is 0 Å². The molecule has 112 valence electrons. The van der Waals surface area contributed by atoms with Gasteiger partial charge in [0.15, 0.2) is 5.78 Å². The predicted octanol–water partition coefficient (Wildman–Crippen LogP) is 3.77. The second-order valence-corrected chi connectivity index (χ2v) is 5.63. The molecule has 3 heteroatoms. The summed E-state index contributed by atoms with van der Waals surface area (Å²) < 4.78 is 4.78. The molecule has 0 aromatic heterocycles. The molecule has 3 aromatic rings. The minimum Gasteiger partial charge on any atom is -0.469 e. The maximum atomic E-state index is 12.8. The summed E-state index contributed by atoms with van der Waals surface area (Å²) in [6.07, 6.45) is 0.201. The minimum absolute atomic E-state index is 0.0360. The zero-order valence-corrected chi connectivity index (χ0v) is 12.6. The Balaban J connectivity index is 2.05. The van der Waals surface area contributed by atoms with E-state index in [1.807, 2.05) is 54.6 Å². The molecule has 0 heterocycles. The van der Waals surface area contributed by atoms with Gasteiger partial charge in [0, 0.05) is 16.5 Å². The number of hydrogen-bond donors (Lipinski definition) is 0. The summed E-state index contributed by atoms with van der Waals surface area (Å²) in [6.45, 7) is 0. The Morgan fingerprint density at radius 3 is 2.39 bits per heavy atom. The van der Waals surface area contributed by atoms with Crippen molar-refractivity contribution in [3.05, 3.63) is 71.3 Å². The topological polar surface area (TPSA) is 43.4 Å². The third-order valence-electron chi connectivity index (χ3n) is 4.40. The molecule has 0 radical (unpaired) electrons. The Morgan fingerprint density at radius 1 is 0.870 bits per heavy atom. The smallest absolute Gasteiger partial charge is 0.309 e. The zero-order chi connectivity index (χ0) is 16.0. The molecule has 0 amide bonds. The van der Waals surface area contributed by atoms with E-state index in [0.717, 1.165) is 33.0 Å². The van der Waals surface area contributed by atoms with Crippen LogP contribution < -0.4 is 0 Å². The van der Waals surface area contributed by atoms with Gasteiger partial charge in [-0.15, -0.1) is 0 Å². The van der Waals surface area contributed by atoms with Crippen LogP contribution in [0.4, 0.5) is 0 Å². The molecule has 0 saturated heterocycles. The molecule has 4 rings (SSSR count). The molecule has 0 atom stereocenters. The second-order valence-electron chi connectivity index (χ2n) is 5.63. The van der Waals surface area contributed by atoms with Gasteiger partial charge >= 0.3 is 5.97 Å². The molecular weight excluding hydrogens is 288 g/mol. The van der Waals surface area contributed by atoms with Crippen molar-refractivity contribution >= 4 is 22.5 Å². The van der Waals surface area contributed by atoms with Crippen LogP contribution >= 0.6 is 0 Å². The van der Waals surface area contributed by atoms with Gasteiger partial charge in [0.1, 0.15) is 0 Å². The Bertz CT molecular complexity index is 970. The number of esters is 1. The van der Waals surface area contributed by atoms with E-state index in [0.29, 0.717) is 5.56 Å². The Kier molecular flexibility index (Phi) is 3.01. The van der Waals surface area contributed by atoms with E-state index in [2.05, 4.69) is 0 Å². The van der Waals surface area contributed by atoms with Crippen molar-refractivity contribution in [2.75, 3.05) is 7.11 Å². The van der Waals surface area contributed by atoms with Crippen molar-refractivity contribution in [3.63, 3.8) is 0 Å². The van der Waals surface area contributed by atoms with Crippen molar-refractivity contribution in [1.29, 1.82) is 0 Å². The minimum atomic E-state index is -0.284. The van der Waals surface area contributed by atoms with Gasteiger partial charge in [0.25, 0.3) is 0 Å². The maximum absolute atomic E-state index is 12.8. The Labute approximate surface area is 133 Å². The summed E-state index contributed by atoms with van der Waals surface area (Å²) in [5.41, 5.74) is 4.30. The molecular formula is C20H14O3. The third kappa shape index (κ3) is 1.97. The first kappa shape index (κ1) is 13.7. The number of fused-ring (bicyclic) bond motifs is 2. The van der Waals surface area contributed by atoms with E-state index in [1.165, 1.54) is 7.11 Å². The van der Waals surface area contributed by atoms with Crippen LogP contribution in [0.15, 0.2) is 54.6 Å². The van der Waals surface area contributed by atoms with Crippen molar-refractivity contribution in [3.8, 4) is 11.1 Å². The number of carbonyl (C=O) groups is 2. The number of methoxy groups -OCH3 is 1. The molecule has 0 fully saturated rings. The van der Waals surface area contributed by atoms with E-state index in [4.69, 9.17) is 4.74 Å². The van der Waals surface area contributed by atoms with Crippen LogP contribution in [0, 0.1) is 0 Å². The van der Waals surface area contributed by atoms with Gasteiger partial charge in [0.2, 0.25) is 0 Å². The standard InChI is InChI=1S/C20H14O3/c1-23-18(21)11-12-9-10-15-14-5-2-3-6-16(14)20(22)17-8-4-7-13(12)19(15)17/h2-10H,11H2,1H3. The van der Waals surface area contributed by atoms with Crippen LogP contribution in [0.25, 0.3) is 21.9 Å². The maximum Gasteiger partial charge on any atom is 0.309 e. The number of carbonyl (C=O) groups excluding carboxylic acids is 2. The zero-order valence-electron chi connectivity index (χ0n) is 12.6. The van der Waals surface area contributed by atoms with Crippen LogP contribution in [0.5, 0.6) is 0 Å². The van der Waals surface area contributed by atoms with Crippen molar-refractivity contribution in [2.24, 2.45) is 0 Å². The molecule has 3 aromatic carbocycles. The van der Waals surface area contributed by atoms with E-state index in [1.54, 1.807) is 0 Å². The Hall–Kier alpha value is -2.94. The fourth-order valence-electron chi connectivity index (χ4n) is 3.32. The molecule has 0 bridgehead atoms. The lowest BCUT2D eigenvalue weighted by atomic mass is 9.81. The third-order valence-corrected chi connectivity index (χ3v) is 4.40. The van der Waals surface area contributed by atoms with E-state index in [-0.39, 0.29) is 18.2 Å². The highest BCUT2D eigenvalue weighted by Gasteiger charge is 2.25. The number of benzene rings is 3. The lowest BCUT2D eigenvalue weighted by Crippen LogP contribution is -2.11. The first-order valence-corrected chi connectivity index (χ1v) is 7.46. The van der Waals surface area contributed by atoms with Crippen molar-refractivity contribution < 1.29 is 14.3 Å². The molecule has 0 aliphatic heterocycles. The lowest BCUT2D eigenvalue weighted by Gasteiger charge is -2.21. The van der Waals surface area contributed by atoms with Crippen LogP contribution in [0.1, 0.15) is 21.5 Å². The monoisotopic (exact) mass is 302 g/mol. The summed E-state index contributed by atoms with van der Waals surface area (Å²) in [4.78, 5) is 24.4. The molecule has 0 spiro atoms. The highest BCUT2D eigenvalue weighted by Crippen LogP contribution is 2.40.